The lowest BCUT2D eigenvalue weighted by atomic mass is 9.93. The number of hydrogen-bond donors (Lipinski definition) is 0. The van der Waals surface area contributed by atoms with Crippen molar-refractivity contribution in [2.75, 3.05) is 13.2 Å². The van der Waals surface area contributed by atoms with E-state index in [1.807, 2.05) is 0 Å². The van der Waals surface area contributed by atoms with E-state index in [0.29, 0.717) is 11.8 Å². The second-order valence-corrected chi connectivity index (χ2v) is 5.13. The van der Waals surface area contributed by atoms with Crippen molar-refractivity contribution in [3.63, 3.8) is 0 Å². The first kappa shape index (κ1) is 12.6. The lowest BCUT2D eigenvalue weighted by molar-refractivity contribution is -0.0501. The molecule has 1 aliphatic heterocycles. The molecular formula is C15H22O2. The number of rotatable bonds is 4. The van der Waals surface area contributed by atoms with Gasteiger partial charge in [-0.15, -0.1) is 0 Å². The van der Waals surface area contributed by atoms with Crippen LogP contribution in [0.4, 0.5) is 0 Å². The zero-order valence-corrected chi connectivity index (χ0v) is 11.0. The Hall–Kier alpha value is -0.860. The lowest BCUT2D eigenvalue weighted by Crippen LogP contribution is -2.11. The summed E-state index contributed by atoms with van der Waals surface area (Å²) >= 11 is 0. The SMILES string of the molecule is CC(C)c1cccc(C(C)CC2OCCO2)c1. The Kier molecular flexibility index (Phi) is 4.19. The topological polar surface area (TPSA) is 18.5 Å². The van der Waals surface area contributed by atoms with Crippen molar-refractivity contribution >= 4 is 0 Å². The summed E-state index contributed by atoms with van der Waals surface area (Å²) in [5.74, 6) is 1.07. The summed E-state index contributed by atoms with van der Waals surface area (Å²) in [4.78, 5) is 0. The largest absolute Gasteiger partial charge is 0.350 e. The van der Waals surface area contributed by atoms with E-state index in [2.05, 4.69) is 45.0 Å². The molecule has 2 rings (SSSR count). The van der Waals surface area contributed by atoms with Gasteiger partial charge in [-0.25, -0.2) is 0 Å². The molecule has 1 aliphatic rings. The molecule has 1 aromatic rings. The maximum atomic E-state index is 5.50. The van der Waals surface area contributed by atoms with E-state index in [1.165, 1.54) is 11.1 Å². The maximum absolute atomic E-state index is 5.50. The van der Waals surface area contributed by atoms with Crippen LogP contribution >= 0.6 is 0 Å². The molecule has 0 aromatic heterocycles. The molecular weight excluding hydrogens is 212 g/mol. The van der Waals surface area contributed by atoms with Gasteiger partial charge in [0.15, 0.2) is 6.29 Å². The summed E-state index contributed by atoms with van der Waals surface area (Å²) in [5.41, 5.74) is 2.79. The van der Waals surface area contributed by atoms with Crippen molar-refractivity contribution in [2.45, 2.75) is 45.3 Å². The first-order valence-electron chi connectivity index (χ1n) is 6.50. The quantitative estimate of drug-likeness (QED) is 0.791. The number of hydrogen-bond acceptors (Lipinski definition) is 2. The summed E-state index contributed by atoms with van der Waals surface area (Å²) in [6, 6.07) is 8.86. The number of ether oxygens (including phenoxy) is 2. The molecule has 1 aromatic carbocycles. The smallest absolute Gasteiger partial charge is 0.158 e. The van der Waals surface area contributed by atoms with Crippen LogP contribution in [-0.2, 0) is 9.47 Å². The minimum Gasteiger partial charge on any atom is -0.350 e. The first-order chi connectivity index (χ1) is 8.16. The molecule has 17 heavy (non-hydrogen) atoms. The molecule has 0 aliphatic carbocycles. The van der Waals surface area contributed by atoms with Crippen molar-refractivity contribution in [2.24, 2.45) is 0 Å². The van der Waals surface area contributed by atoms with E-state index in [4.69, 9.17) is 9.47 Å². The Bertz CT molecular complexity index is 354. The van der Waals surface area contributed by atoms with Crippen molar-refractivity contribution < 1.29 is 9.47 Å². The van der Waals surface area contributed by atoms with E-state index in [-0.39, 0.29) is 6.29 Å². The molecule has 94 valence electrons. The summed E-state index contributed by atoms with van der Waals surface area (Å²) in [7, 11) is 0. The van der Waals surface area contributed by atoms with Crippen LogP contribution in [0.15, 0.2) is 24.3 Å². The lowest BCUT2D eigenvalue weighted by Gasteiger charge is -2.17. The van der Waals surface area contributed by atoms with E-state index in [9.17, 15) is 0 Å². The van der Waals surface area contributed by atoms with Gasteiger partial charge in [-0.3, -0.25) is 0 Å². The van der Waals surface area contributed by atoms with Crippen LogP contribution in [0.3, 0.4) is 0 Å². The van der Waals surface area contributed by atoms with Crippen LogP contribution in [0.1, 0.15) is 50.2 Å². The van der Waals surface area contributed by atoms with Gasteiger partial charge in [0.2, 0.25) is 0 Å². The van der Waals surface area contributed by atoms with Gasteiger partial charge in [0.25, 0.3) is 0 Å². The normalized spacial score (nSPS) is 18.8. The second kappa shape index (κ2) is 5.65. The molecule has 1 heterocycles. The van der Waals surface area contributed by atoms with Crippen LogP contribution in [0, 0.1) is 0 Å². The molecule has 1 saturated heterocycles. The van der Waals surface area contributed by atoms with Crippen LogP contribution in [0.2, 0.25) is 0 Å². The van der Waals surface area contributed by atoms with Gasteiger partial charge in [0.05, 0.1) is 13.2 Å². The molecule has 0 bridgehead atoms. The Labute approximate surface area is 104 Å². The average molecular weight is 234 g/mol. The van der Waals surface area contributed by atoms with E-state index in [1.54, 1.807) is 0 Å². The fourth-order valence-corrected chi connectivity index (χ4v) is 2.19. The maximum Gasteiger partial charge on any atom is 0.158 e. The van der Waals surface area contributed by atoms with Crippen LogP contribution in [0.5, 0.6) is 0 Å². The second-order valence-electron chi connectivity index (χ2n) is 5.13. The minimum absolute atomic E-state index is 0.00675. The van der Waals surface area contributed by atoms with Crippen molar-refractivity contribution in [1.82, 2.24) is 0 Å². The van der Waals surface area contributed by atoms with Gasteiger partial charge in [0, 0.05) is 6.42 Å². The Morgan fingerprint density at radius 2 is 1.76 bits per heavy atom. The van der Waals surface area contributed by atoms with Gasteiger partial charge in [-0.05, 0) is 23.0 Å². The summed E-state index contributed by atoms with van der Waals surface area (Å²) in [6.07, 6.45) is 0.939. The molecule has 1 fully saturated rings. The highest BCUT2D eigenvalue weighted by Crippen LogP contribution is 2.26. The molecule has 0 spiro atoms. The first-order valence-corrected chi connectivity index (χ1v) is 6.50. The van der Waals surface area contributed by atoms with Gasteiger partial charge in [-0.2, -0.15) is 0 Å². The van der Waals surface area contributed by atoms with Gasteiger partial charge in [-0.1, -0.05) is 45.0 Å². The van der Waals surface area contributed by atoms with Crippen LogP contribution < -0.4 is 0 Å². The molecule has 0 saturated carbocycles. The highest BCUT2D eigenvalue weighted by molar-refractivity contribution is 5.28. The molecule has 0 radical (unpaired) electrons. The highest BCUT2D eigenvalue weighted by atomic mass is 16.7. The predicted octanol–water partition coefficient (Wildman–Crippen LogP) is 3.68. The fraction of sp³-hybridized carbons (Fsp3) is 0.600. The van der Waals surface area contributed by atoms with E-state index >= 15 is 0 Å². The van der Waals surface area contributed by atoms with Crippen LogP contribution in [0.25, 0.3) is 0 Å². The van der Waals surface area contributed by atoms with Crippen molar-refractivity contribution in [3.8, 4) is 0 Å². The zero-order valence-electron chi connectivity index (χ0n) is 11.0. The standard InChI is InChI=1S/C15H22O2/c1-11(2)13-5-4-6-14(10-13)12(3)9-15-16-7-8-17-15/h4-6,10-12,15H,7-9H2,1-3H3. The summed E-state index contributed by atoms with van der Waals surface area (Å²) in [6.45, 7) is 8.18. The molecule has 0 amide bonds. The third-order valence-electron chi connectivity index (χ3n) is 3.38. The van der Waals surface area contributed by atoms with Gasteiger partial charge < -0.3 is 9.47 Å². The third-order valence-corrected chi connectivity index (χ3v) is 3.38. The molecule has 2 nitrogen and oxygen atoms in total. The van der Waals surface area contributed by atoms with E-state index < -0.39 is 0 Å². The zero-order chi connectivity index (χ0) is 12.3. The molecule has 2 heteroatoms. The van der Waals surface area contributed by atoms with Crippen molar-refractivity contribution in [1.29, 1.82) is 0 Å². The Morgan fingerprint density at radius 1 is 1.12 bits per heavy atom. The van der Waals surface area contributed by atoms with Crippen LogP contribution in [-0.4, -0.2) is 19.5 Å². The molecule has 1 atom stereocenters. The monoisotopic (exact) mass is 234 g/mol. The fourth-order valence-electron chi connectivity index (χ4n) is 2.19. The minimum atomic E-state index is -0.00675. The Balaban J connectivity index is 2.02. The Morgan fingerprint density at radius 3 is 2.41 bits per heavy atom. The molecule has 0 N–H and O–H groups in total. The average Bonchev–Trinajstić information content (AvgIpc) is 2.82. The summed E-state index contributed by atoms with van der Waals surface area (Å²) < 4.78 is 11.0. The number of benzene rings is 1. The van der Waals surface area contributed by atoms with Gasteiger partial charge in [0.1, 0.15) is 0 Å². The van der Waals surface area contributed by atoms with E-state index in [0.717, 1.165) is 19.6 Å². The van der Waals surface area contributed by atoms with Gasteiger partial charge >= 0.3 is 0 Å². The third kappa shape index (κ3) is 3.30. The van der Waals surface area contributed by atoms with Crippen molar-refractivity contribution in [3.05, 3.63) is 35.4 Å². The highest BCUT2D eigenvalue weighted by Gasteiger charge is 2.20. The summed E-state index contributed by atoms with van der Waals surface area (Å²) in [5, 5.41) is 0. The predicted molar refractivity (Wildman–Crippen MR) is 69.3 cm³/mol. The molecule has 1 unspecified atom stereocenters.